The maximum Gasteiger partial charge on any atom is 0.338 e. The quantitative estimate of drug-likeness (QED) is 0.686. The molecule has 0 bridgehead atoms. The maximum absolute atomic E-state index is 11.5. The summed E-state index contributed by atoms with van der Waals surface area (Å²) in [7, 11) is 0. The van der Waals surface area contributed by atoms with E-state index < -0.39 is 29.8 Å². The first-order valence-electron chi connectivity index (χ1n) is 5.23. The molecule has 0 aromatic heterocycles. The van der Waals surface area contributed by atoms with E-state index in [1.807, 2.05) is 0 Å². The van der Waals surface area contributed by atoms with Gasteiger partial charge in [-0.25, -0.2) is 4.79 Å². The van der Waals surface area contributed by atoms with Gasteiger partial charge in [0.05, 0.1) is 12.0 Å². The zero-order chi connectivity index (χ0) is 12.3. The number of carbonyl (C=O) groups is 3. The fourth-order valence-electron chi connectivity index (χ4n) is 1.52. The number of aliphatic hydroxyl groups is 1. The second-order valence-electron chi connectivity index (χ2n) is 3.75. The van der Waals surface area contributed by atoms with Crippen molar-refractivity contribution in [2.24, 2.45) is 5.92 Å². The van der Waals surface area contributed by atoms with Gasteiger partial charge < -0.3 is 9.94 Å². The second-order valence-corrected chi connectivity index (χ2v) is 3.75. The molecule has 2 atom stereocenters. The van der Waals surface area contributed by atoms with E-state index >= 15 is 0 Å². The first-order chi connectivity index (χ1) is 7.47. The monoisotopic (exact) mass is 229 g/mol. The average molecular weight is 229 g/mol. The van der Waals surface area contributed by atoms with Crippen LogP contribution in [0.4, 0.5) is 0 Å². The van der Waals surface area contributed by atoms with Gasteiger partial charge in [-0.3, -0.25) is 9.59 Å². The van der Waals surface area contributed by atoms with E-state index in [0.717, 1.165) is 0 Å². The largest absolute Gasteiger partial charge is 0.393 e. The van der Waals surface area contributed by atoms with Crippen molar-refractivity contribution in [1.82, 2.24) is 5.06 Å². The van der Waals surface area contributed by atoms with Gasteiger partial charge in [-0.15, -0.1) is 5.06 Å². The molecule has 1 aliphatic heterocycles. The first-order valence-corrected chi connectivity index (χ1v) is 5.23. The highest BCUT2D eigenvalue weighted by molar-refractivity contribution is 6.01. The third-order valence-electron chi connectivity index (χ3n) is 2.51. The van der Waals surface area contributed by atoms with Gasteiger partial charge in [0.1, 0.15) is 0 Å². The van der Waals surface area contributed by atoms with E-state index in [9.17, 15) is 19.5 Å². The molecular weight excluding hydrogens is 214 g/mol. The van der Waals surface area contributed by atoms with Crippen LogP contribution >= 0.6 is 0 Å². The van der Waals surface area contributed by atoms with E-state index in [1.54, 1.807) is 6.92 Å². The molecule has 1 fully saturated rings. The number of hydroxylamine groups is 2. The molecule has 0 aromatic rings. The van der Waals surface area contributed by atoms with Crippen molar-refractivity contribution in [2.75, 3.05) is 0 Å². The molecule has 16 heavy (non-hydrogen) atoms. The molecule has 2 amide bonds. The highest BCUT2D eigenvalue weighted by atomic mass is 16.7. The molecule has 0 radical (unpaired) electrons. The number of carbonyl (C=O) groups excluding carboxylic acids is 3. The molecule has 0 spiro atoms. The highest BCUT2D eigenvalue weighted by Crippen LogP contribution is 2.16. The summed E-state index contributed by atoms with van der Waals surface area (Å²) >= 11 is 0. The Kier molecular flexibility index (Phi) is 4.00. The number of amides is 2. The standard InChI is InChI=1S/C10H15NO5/c1-3-7(6(2)12)10(15)16-11-8(13)4-5-9(11)14/h6-7,12H,3-5H2,1-2H3. The van der Waals surface area contributed by atoms with E-state index in [2.05, 4.69) is 4.84 Å². The minimum absolute atomic E-state index is 0.0670. The fraction of sp³-hybridized carbons (Fsp3) is 0.700. The van der Waals surface area contributed by atoms with E-state index in [-0.39, 0.29) is 12.8 Å². The van der Waals surface area contributed by atoms with Crippen LogP contribution in [0.1, 0.15) is 33.1 Å². The van der Waals surface area contributed by atoms with Crippen molar-refractivity contribution in [1.29, 1.82) is 0 Å². The Morgan fingerprint density at radius 3 is 2.31 bits per heavy atom. The second kappa shape index (κ2) is 5.07. The maximum atomic E-state index is 11.5. The molecular formula is C10H15NO5. The van der Waals surface area contributed by atoms with Crippen LogP contribution in [-0.2, 0) is 19.2 Å². The van der Waals surface area contributed by atoms with Crippen molar-refractivity contribution < 1.29 is 24.3 Å². The normalized spacial score (nSPS) is 19.8. The Morgan fingerprint density at radius 2 is 1.94 bits per heavy atom. The summed E-state index contributed by atoms with van der Waals surface area (Å²) in [5.41, 5.74) is 0. The summed E-state index contributed by atoms with van der Waals surface area (Å²) < 4.78 is 0. The molecule has 1 heterocycles. The lowest BCUT2D eigenvalue weighted by molar-refractivity contribution is -0.202. The van der Waals surface area contributed by atoms with Gasteiger partial charge in [0, 0.05) is 12.8 Å². The molecule has 0 aliphatic carbocycles. The third-order valence-corrected chi connectivity index (χ3v) is 2.51. The fourth-order valence-corrected chi connectivity index (χ4v) is 1.52. The summed E-state index contributed by atoms with van der Waals surface area (Å²) in [5.74, 6) is -2.50. The van der Waals surface area contributed by atoms with Crippen molar-refractivity contribution in [3.63, 3.8) is 0 Å². The van der Waals surface area contributed by atoms with Gasteiger partial charge in [-0.2, -0.15) is 0 Å². The molecule has 1 N–H and O–H groups in total. The zero-order valence-corrected chi connectivity index (χ0v) is 9.30. The average Bonchev–Trinajstić information content (AvgIpc) is 2.50. The SMILES string of the molecule is CCC(C(=O)ON1C(=O)CCC1=O)C(C)O. The van der Waals surface area contributed by atoms with Gasteiger partial charge in [0.15, 0.2) is 0 Å². The summed E-state index contributed by atoms with van der Waals surface area (Å²) in [6.45, 7) is 3.18. The first kappa shape index (κ1) is 12.6. The van der Waals surface area contributed by atoms with Gasteiger partial charge in [0.25, 0.3) is 11.8 Å². The molecule has 2 unspecified atom stereocenters. The summed E-state index contributed by atoms with van der Waals surface area (Å²) in [6, 6.07) is 0. The Morgan fingerprint density at radius 1 is 1.44 bits per heavy atom. The molecule has 6 nitrogen and oxygen atoms in total. The van der Waals surface area contributed by atoms with Crippen molar-refractivity contribution >= 4 is 17.8 Å². The van der Waals surface area contributed by atoms with E-state index in [0.29, 0.717) is 11.5 Å². The lowest BCUT2D eigenvalue weighted by atomic mass is 10.0. The number of nitrogens with zero attached hydrogens (tertiary/aromatic N) is 1. The molecule has 1 rings (SSSR count). The van der Waals surface area contributed by atoms with Crippen LogP contribution in [0.2, 0.25) is 0 Å². The number of aliphatic hydroxyl groups excluding tert-OH is 1. The number of imide groups is 1. The minimum Gasteiger partial charge on any atom is -0.393 e. The van der Waals surface area contributed by atoms with Gasteiger partial charge in [0.2, 0.25) is 0 Å². The van der Waals surface area contributed by atoms with Crippen LogP contribution in [0.3, 0.4) is 0 Å². The molecule has 0 aromatic carbocycles. The van der Waals surface area contributed by atoms with Crippen LogP contribution in [0, 0.1) is 5.92 Å². The van der Waals surface area contributed by atoms with Crippen molar-refractivity contribution in [3.05, 3.63) is 0 Å². The smallest absolute Gasteiger partial charge is 0.338 e. The van der Waals surface area contributed by atoms with Crippen LogP contribution in [0.5, 0.6) is 0 Å². The predicted octanol–water partition coefficient (Wildman–Crippen LogP) is 0.000600. The molecule has 1 aliphatic rings. The summed E-state index contributed by atoms with van der Waals surface area (Å²) in [5, 5.41) is 9.79. The Hall–Kier alpha value is -1.43. The van der Waals surface area contributed by atoms with Crippen molar-refractivity contribution in [3.8, 4) is 0 Å². The Balaban J connectivity index is 2.63. The van der Waals surface area contributed by atoms with Crippen LogP contribution < -0.4 is 0 Å². The lowest BCUT2D eigenvalue weighted by Gasteiger charge is -2.19. The van der Waals surface area contributed by atoms with Gasteiger partial charge in [-0.05, 0) is 13.3 Å². The Labute approximate surface area is 93.1 Å². The Bertz CT molecular complexity index is 296. The number of hydrogen-bond acceptors (Lipinski definition) is 5. The topological polar surface area (TPSA) is 83.9 Å². The van der Waals surface area contributed by atoms with Crippen LogP contribution in [-0.4, -0.2) is 34.1 Å². The molecule has 90 valence electrons. The zero-order valence-electron chi connectivity index (χ0n) is 9.30. The third kappa shape index (κ3) is 2.57. The van der Waals surface area contributed by atoms with Gasteiger partial charge >= 0.3 is 5.97 Å². The lowest BCUT2D eigenvalue weighted by Crippen LogP contribution is -2.37. The van der Waals surface area contributed by atoms with Gasteiger partial charge in [-0.1, -0.05) is 6.92 Å². The van der Waals surface area contributed by atoms with Crippen LogP contribution in [0.25, 0.3) is 0 Å². The highest BCUT2D eigenvalue weighted by Gasteiger charge is 2.35. The molecule has 0 saturated carbocycles. The molecule has 1 saturated heterocycles. The minimum atomic E-state index is -0.870. The summed E-state index contributed by atoms with van der Waals surface area (Å²) in [6.07, 6.45) is -0.354. The van der Waals surface area contributed by atoms with Crippen molar-refractivity contribution in [2.45, 2.75) is 39.2 Å². The number of hydrogen-bond donors (Lipinski definition) is 1. The molecule has 6 heteroatoms. The number of rotatable bonds is 4. The van der Waals surface area contributed by atoms with Crippen LogP contribution in [0.15, 0.2) is 0 Å². The van der Waals surface area contributed by atoms with E-state index in [4.69, 9.17) is 0 Å². The van der Waals surface area contributed by atoms with E-state index in [1.165, 1.54) is 6.92 Å². The predicted molar refractivity (Wildman–Crippen MR) is 52.6 cm³/mol. The summed E-state index contributed by atoms with van der Waals surface area (Å²) in [4.78, 5) is 38.6.